The van der Waals surface area contributed by atoms with Crippen molar-refractivity contribution in [3.63, 3.8) is 0 Å². The first-order valence-corrected chi connectivity index (χ1v) is 6.38. The summed E-state index contributed by atoms with van der Waals surface area (Å²) in [5, 5.41) is 8.94. The molecule has 0 amide bonds. The Morgan fingerprint density at radius 2 is 2.11 bits per heavy atom. The van der Waals surface area contributed by atoms with Crippen molar-refractivity contribution in [1.82, 2.24) is 4.98 Å². The number of aromatic carboxylic acids is 1. The summed E-state index contributed by atoms with van der Waals surface area (Å²) in [5.74, 6) is 1.88. The second-order valence-electron chi connectivity index (χ2n) is 5.32. The van der Waals surface area contributed by atoms with Crippen molar-refractivity contribution in [2.45, 2.75) is 25.2 Å². The van der Waals surface area contributed by atoms with Gasteiger partial charge in [-0.15, -0.1) is 0 Å². The van der Waals surface area contributed by atoms with Crippen LogP contribution in [0, 0.1) is 11.8 Å². The van der Waals surface area contributed by atoms with Crippen LogP contribution in [0.3, 0.4) is 0 Å². The monoisotopic (exact) mass is 243 g/mol. The number of hydrogen-bond donors (Lipinski definition) is 1. The van der Waals surface area contributed by atoms with Gasteiger partial charge in [0.05, 0.1) is 5.56 Å². The Kier molecular flexibility index (Phi) is 1.88. The molecule has 4 rings (SSSR count). The second kappa shape index (κ2) is 3.34. The van der Waals surface area contributed by atoms with Crippen LogP contribution in [0.5, 0.6) is 0 Å². The molecule has 2 atom stereocenters. The first kappa shape index (κ1) is 10.1. The molecule has 4 nitrogen and oxygen atoms in total. The molecule has 0 bridgehead atoms. The van der Waals surface area contributed by atoms with Gasteiger partial charge in [-0.3, -0.25) is 0 Å². The second-order valence-corrected chi connectivity index (χ2v) is 5.32. The Hall–Kier alpha value is -1.84. The highest BCUT2D eigenvalue weighted by Crippen LogP contribution is 2.62. The van der Waals surface area contributed by atoms with Crippen LogP contribution in [0.4, 0.5) is 0 Å². The molecule has 0 aliphatic heterocycles. The molecule has 4 heteroatoms. The highest BCUT2D eigenvalue weighted by molar-refractivity contribution is 5.91. The lowest BCUT2D eigenvalue weighted by Crippen LogP contribution is -1.94. The van der Waals surface area contributed by atoms with Gasteiger partial charge in [-0.1, -0.05) is 6.42 Å². The molecule has 18 heavy (non-hydrogen) atoms. The molecule has 0 saturated heterocycles. The SMILES string of the molecule is O=C(O)c1ccc2nc(C3C4CCCC43)oc2c1. The maximum absolute atomic E-state index is 10.9. The number of aromatic nitrogens is 1. The van der Waals surface area contributed by atoms with Crippen LogP contribution in [0.25, 0.3) is 11.1 Å². The minimum Gasteiger partial charge on any atom is -0.478 e. The maximum Gasteiger partial charge on any atom is 0.335 e. The zero-order valence-corrected chi connectivity index (χ0v) is 9.80. The number of carboxylic acid groups (broad SMARTS) is 1. The van der Waals surface area contributed by atoms with Crippen LogP contribution < -0.4 is 0 Å². The van der Waals surface area contributed by atoms with Gasteiger partial charge in [0, 0.05) is 5.92 Å². The Bertz CT molecular complexity index is 636. The molecule has 1 aromatic heterocycles. The normalized spacial score (nSPS) is 29.4. The van der Waals surface area contributed by atoms with Crippen molar-refractivity contribution in [3.05, 3.63) is 29.7 Å². The number of fused-ring (bicyclic) bond motifs is 2. The average molecular weight is 243 g/mol. The van der Waals surface area contributed by atoms with Crippen LogP contribution in [-0.2, 0) is 0 Å². The predicted octanol–water partition coefficient (Wildman–Crippen LogP) is 3.04. The van der Waals surface area contributed by atoms with E-state index >= 15 is 0 Å². The van der Waals surface area contributed by atoms with Gasteiger partial charge in [-0.2, -0.15) is 0 Å². The van der Waals surface area contributed by atoms with E-state index in [1.54, 1.807) is 18.2 Å². The number of nitrogens with zero attached hydrogens (tertiary/aromatic N) is 1. The number of oxazole rings is 1. The summed E-state index contributed by atoms with van der Waals surface area (Å²) >= 11 is 0. The standard InChI is InChI=1S/C14H13NO3/c16-14(17)7-4-5-10-11(6-7)18-13(15-10)12-8-2-1-3-9(8)12/h4-6,8-9,12H,1-3H2,(H,16,17). The summed E-state index contributed by atoms with van der Waals surface area (Å²) in [7, 11) is 0. The largest absolute Gasteiger partial charge is 0.478 e. The van der Waals surface area contributed by atoms with Crippen LogP contribution in [0.2, 0.25) is 0 Å². The van der Waals surface area contributed by atoms with Gasteiger partial charge in [-0.25, -0.2) is 9.78 Å². The van der Waals surface area contributed by atoms with Crippen LogP contribution in [0.15, 0.2) is 22.6 Å². The van der Waals surface area contributed by atoms with Gasteiger partial charge in [0.1, 0.15) is 5.52 Å². The van der Waals surface area contributed by atoms with E-state index in [2.05, 4.69) is 4.98 Å². The maximum atomic E-state index is 10.9. The highest BCUT2D eigenvalue weighted by atomic mass is 16.4. The lowest BCUT2D eigenvalue weighted by Gasteiger charge is -1.96. The summed E-state index contributed by atoms with van der Waals surface area (Å²) in [4.78, 5) is 15.4. The molecule has 2 saturated carbocycles. The molecule has 2 aliphatic rings. The minimum absolute atomic E-state index is 0.251. The Balaban J connectivity index is 1.73. The number of carboxylic acids is 1. The van der Waals surface area contributed by atoms with E-state index < -0.39 is 5.97 Å². The van der Waals surface area contributed by atoms with Gasteiger partial charge in [0.2, 0.25) is 0 Å². The number of benzene rings is 1. The van der Waals surface area contributed by atoms with Crippen molar-refractivity contribution in [3.8, 4) is 0 Å². The highest BCUT2D eigenvalue weighted by Gasteiger charge is 2.55. The fourth-order valence-corrected chi connectivity index (χ4v) is 3.41. The van der Waals surface area contributed by atoms with E-state index in [-0.39, 0.29) is 5.56 Å². The molecule has 1 aromatic carbocycles. The van der Waals surface area contributed by atoms with Crippen molar-refractivity contribution in [2.24, 2.45) is 11.8 Å². The molecule has 1 heterocycles. The Morgan fingerprint density at radius 1 is 1.33 bits per heavy atom. The van der Waals surface area contributed by atoms with E-state index in [9.17, 15) is 4.79 Å². The van der Waals surface area contributed by atoms with Crippen molar-refractivity contribution < 1.29 is 14.3 Å². The van der Waals surface area contributed by atoms with Gasteiger partial charge in [0.25, 0.3) is 0 Å². The lowest BCUT2D eigenvalue weighted by molar-refractivity contribution is 0.0697. The Labute approximate surface area is 104 Å². The van der Waals surface area contributed by atoms with Gasteiger partial charge in [0.15, 0.2) is 11.5 Å². The quantitative estimate of drug-likeness (QED) is 0.880. The first-order chi connectivity index (χ1) is 8.74. The van der Waals surface area contributed by atoms with Crippen LogP contribution in [0.1, 0.15) is 41.4 Å². The zero-order chi connectivity index (χ0) is 12.3. The van der Waals surface area contributed by atoms with E-state index in [1.807, 2.05) is 0 Å². The van der Waals surface area contributed by atoms with Crippen molar-refractivity contribution in [1.29, 1.82) is 0 Å². The Morgan fingerprint density at radius 3 is 2.83 bits per heavy atom. The van der Waals surface area contributed by atoms with E-state index in [1.165, 1.54) is 19.3 Å². The van der Waals surface area contributed by atoms with E-state index in [0.717, 1.165) is 23.2 Å². The van der Waals surface area contributed by atoms with Crippen LogP contribution in [-0.4, -0.2) is 16.1 Å². The van der Waals surface area contributed by atoms with Gasteiger partial charge >= 0.3 is 5.97 Å². The molecule has 1 N–H and O–H groups in total. The van der Waals surface area contributed by atoms with Crippen molar-refractivity contribution >= 4 is 17.1 Å². The fourth-order valence-electron chi connectivity index (χ4n) is 3.41. The summed E-state index contributed by atoms with van der Waals surface area (Å²) in [5.41, 5.74) is 1.61. The van der Waals surface area contributed by atoms with Crippen LogP contribution >= 0.6 is 0 Å². The third-order valence-electron chi connectivity index (χ3n) is 4.34. The fraction of sp³-hybridized carbons (Fsp3) is 0.429. The molecule has 2 fully saturated rings. The third kappa shape index (κ3) is 1.32. The zero-order valence-electron chi connectivity index (χ0n) is 9.80. The summed E-state index contributed by atoms with van der Waals surface area (Å²) in [6.07, 6.45) is 3.90. The predicted molar refractivity (Wildman–Crippen MR) is 64.5 cm³/mol. The molecule has 2 unspecified atom stereocenters. The van der Waals surface area contributed by atoms with E-state index in [0.29, 0.717) is 11.5 Å². The lowest BCUT2D eigenvalue weighted by atomic mass is 10.1. The smallest absolute Gasteiger partial charge is 0.335 e. The molecular formula is C14H13NO3. The number of rotatable bonds is 2. The molecule has 2 aromatic rings. The number of hydrogen-bond acceptors (Lipinski definition) is 3. The molecular weight excluding hydrogens is 230 g/mol. The summed E-state index contributed by atoms with van der Waals surface area (Å²) in [6, 6.07) is 4.86. The minimum atomic E-state index is -0.932. The third-order valence-corrected chi connectivity index (χ3v) is 4.34. The first-order valence-electron chi connectivity index (χ1n) is 6.38. The number of carbonyl (C=O) groups is 1. The summed E-state index contributed by atoms with van der Waals surface area (Å²) < 4.78 is 5.74. The average Bonchev–Trinajstić information content (AvgIpc) is 2.78. The molecule has 0 radical (unpaired) electrons. The van der Waals surface area contributed by atoms with E-state index in [4.69, 9.17) is 9.52 Å². The van der Waals surface area contributed by atoms with Gasteiger partial charge < -0.3 is 9.52 Å². The molecule has 92 valence electrons. The summed E-state index contributed by atoms with van der Waals surface area (Å²) in [6.45, 7) is 0. The van der Waals surface area contributed by atoms with Gasteiger partial charge in [-0.05, 0) is 42.9 Å². The topological polar surface area (TPSA) is 63.3 Å². The van der Waals surface area contributed by atoms with Crippen molar-refractivity contribution in [2.75, 3.05) is 0 Å². The molecule has 2 aliphatic carbocycles. The molecule has 0 spiro atoms.